The number of fused-ring (bicyclic) bond motifs is 2. The lowest BCUT2D eigenvalue weighted by atomic mass is 9.87. The Bertz CT molecular complexity index is 1320. The Morgan fingerprint density at radius 1 is 1.00 bits per heavy atom. The van der Waals surface area contributed by atoms with Crippen molar-refractivity contribution in [3.8, 4) is 11.5 Å². The fourth-order valence-electron chi connectivity index (χ4n) is 3.01. The number of carbonyl (C=O) groups excluding carboxylic acids is 1. The fraction of sp³-hybridized carbons (Fsp3) is 0.182. The Labute approximate surface area is 187 Å². The number of halogens is 3. The number of Topliss-reactive ketones (excluding diaryl/α,β-unsaturated/α-hetero) is 1. The maximum absolute atomic E-state index is 12.7. The number of aliphatic imine (C=N–C) groups is 1. The summed E-state index contributed by atoms with van der Waals surface area (Å²) in [4.78, 5) is 33.4. The van der Waals surface area contributed by atoms with Crippen LogP contribution in [0.5, 0.6) is 0 Å². The molecule has 8 heteroatoms. The van der Waals surface area contributed by atoms with Crippen molar-refractivity contribution < 1.29 is 9.21 Å². The van der Waals surface area contributed by atoms with E-state index in [1.807, 2.05) is 18.2 Å². The summed E-state index contributed by atoms with van der Waals surface area (Å²) in [6.45, 7) is 6.31. The Morgan fingerprint density at radius 2 is 1.67 bits per heavy atom. The van der Waals surface area contributed by atoms with Gasteiger partial charge in [0.05, 0.1) is 20.8 Å². The van der Waals surface area contributed by atoms with Gasteiger partial charge in [-0.25, -0.2) is 9.98 Å². The molecule has 0 bridgehead atoms. The van der Waals surface area contributed by atoms with Crippen LogP contribution in [-0.4, -0.2) is 16.5 Å². The van der Waals surface area contributed by atoms with Gasteiger partial charge in [-0.15, -0.1) is 0 Å². The molecule has 4 rings (SSSR count). The third-order valence-corrected chi connectivity index (χ3v) is 5.49. The second kappa shape index (κ2) is 7.34. The van der Waals surface area contributed by atoms with Crippen LogP contribution in [0.15, 0.2) is 60.7 Å². The number of allylic oxidation sites excluding steroid dienone is 4. The number of hydrogen-bond donors (Lipinski definition) is 0. The highest BCUT2D eigenvalue weighted by molar-refractivity contribution is 6.57. The van der Waals surface area contributed by atoms with Gasteiger partial charge in [-0.3, -0.25) is 9.59 Å². The van der Waals surface area contributed by atoms with Crippen LogP contribution < -0.4 is 5.43 Å². The number of nitrogens with zero attached hydrogens (tertiary/aromatic N) is 2. The smallest absolute Gasteiger partial charge is 0.226 e. The summed E-state index contributed by atoms with van der Waals surface area (Å²) in [6, 6.07) is 7.16. The van der Waals surface area contributed by atoms with Gasteiger partial charge in [-0.1, -0.05) is 61.6 Å². The standard InChI is InChI=1S/C22H15Cl3N2O3/c1-22(2,3)10-4-5-17-15(6-10)27-16-9-14(25)20(29)18(21(16)30-17)26-11-7-12(23)19(28)13(24)8-11/h4-9H,1-3H3. The molecule has 1 aromatic rings. The molecule has 3 aliphatic rings. The van der Waals surface area contributed by atoms with Gasteiger partial charge < -0.3 is 4.42 Å². The van der Waals surface area contributed by atoms with Gasteiger partial charge in [0, 0.05) is 0 Å². The summed E-state index contributed by atoms with van der Waals surface area (Å²) >= 11 is 18.0. The zero-order valence-electron chi connectivity index (χ0n) is 16.2. The van der Waals surface area contributed by atoms with Crippen molar-refractivity contribution in [2.24, 2.45) is 4.99 Å². The zero-order chi connectivity index (χ0) is 21.8. The maximum atomic E-state index is 12.7. The average molecular weight is 462 g/mol. The van der Waals surface area contributed by atoms with E-state index in [0.717, 1.165) is 5.56 Å². The van der Waals surface area contributed by atoms with Gasteiger partial charge in [0.1, 0.15) is 11.2 Å². The summed E-state index contributed by atoms with van der Waals surface area (Å²) in [6.07, 6.45) is 2.65. The molecular weight excluding hydrogens is 447 g/mol. The van der Waals surface area contributed by atoms with E-state index in [9.17, 15) is 9.59 Å². The Morgan fingerprint density at radius 3 is 2.30 bits per heavy atom. The molecule has 152 valence electrons. The van der Waals surface area contributed by atoms with E-state index in [1.54, 1.807) is 0 Å². The van der Waals surface area contributed by atoms with Gasteiger partial charge in [-0.05, 0) is 41.3 Å². The summed E-state index contributed by atoms with van der Waals surface area (Å²) in [7, 11) is 0. The number of rotatable bonds is 1. The van der Waals surface area contributed by atoms with Crippen molar-refractivity contribution in [2.45, 2.75) is 26.2 Å². The molecule has 30 heavy (non-hydrogen) atoms. The van der Waals surface area contributed by atoms with Gasteiger partial charge in [0.2, 0.25) is 11.2 Å². The first-order valence-electron chi connectivity index (χ1n) is 9.00. The van der Waals surface area contributed by atoms with Gasteiger partial charge in [0.15, 0.2) is 17.0 Å². The molecule has 0 atom stereocenters. The van der Waals surface area contributed by atoms with Crippen LogP contribution >= 0.6 is 34.8 Å². The number of aromatic nitrogens is 1. The lowest BCUT2D eigenvalue weighted by Crippen LogP contribution is -2.11. The molecule has 0 fully saturated rings. The van der Waals surface area contributed by atoms with Crippen LogP contribution in [0, 0.1) is 0 Å². The topological polar surface area (TPSA) is 72.5 Å². The highest BCUT2D eigenvalue weighted by Gasteiger charge is 2.23. The second-order valence-electron chi connectivity index (χ2n) is 7.88. The van der Waals surface area contributed by atoms with Gasteiger partial charge in [0.25, 0.3) is 0 Å². The molecule has 0 N–H and O–H groups in total. The monoisotopic (exact) mass is 460 g/mol. The molecule has 1 heterocycles. The Kier molecular flexibility index (Phi) is 5.09. The Balaban J connectivity index is 1.98. The van der Waals surface area contributed by atoms with Crippen molar-refractivity contribution in [1.29, 1.82) is 0 Å². The molecule has 0 saturated carbocycles. The first-order valence-corrected chi connectivity index (χ1v) is 10.1. The predicted octanol–water partition coefficient (Wildman–Crippen LogP) is 6.14. The summed E-state index contributed by atoms with van der Waals surface area (Å²) in [5, 5.41) is -0.251. The summed E-state index contributed by atoms with van der Waals surface area (Å²) < 4.78 is 5.99. The molecule has 5 nitrogen and oxygen atoms in total. The van der Waals surface area contributed by atoms with E-state index in [1.165, 1.54) is 18.2 Å². The third-order valence-electron chi connectivity index (χ3n) is 4.64. The SMILES string of the molecule is CC(C)(C)c1ccc2oc3c(N=C4C=C(Cl)C(=O)C(Cl)=C4)c(=O)c(Cl)cc-3nc2c1. The molecule has 0 radical (unpaired) electrons. The fourth-order valence-corrected chi connectivity index (χ4v) is 3.68. The number of ketones is 1. The molecule has 0 unspecified atom stereocenters. The van der Waals surface area contributed by atoms with Crippen molar-refractivity contribution >= 4 is 63.1 Å². The molecule has 0 saturated heterocycles. The lowest BCUT2D eigenvalue weighted by molar-refractivity contribution is -0.111. The maximum Gasteiger partial charge on any atom is 0.226 e. The van der Waals surface area contributed by atoms with E-state index >= 15 is 0 Å². The number of hydrogen-bond acceptors (Lipinski definition) is 5. The Hall–Kier alpha value is -2.47. The number of carbonyl (C=O) groups is 1. The molecule has 1 aliphatic heterocycles. The third kappa shape index (κ3) is 3.69. The largest absolute Gasteiger partial charge is 0.450 e. The van der Waals surface area contributed by atoms with Crippen LogP contribution in [0.3, 0.4) is 0 Å². The molecule has 0 aromatic heterocycles. The molecule has 0 spiro atoms. The summed E-state index contributed by atoms with van der Waals surface area (Å²) in [5.41, 5.74) is 2.20. The highest BCUT2D eigenvalue weighted by atomic mass is 35.5. The van der Waals surface area contributed by atoms with Crippen LogP contribution in [0.2, 0.25) is 5.02 Å². The van der Waals surface area contributed by atoms with Crippen molar-refractivity contribution in [2.75, 3.05) is 0 Å². The minimum atomic E-state index is -0.529. The second-order valence-corrected chi connectivity index (χ2v) is 9.10. The van der Waals surface area contributed by atoms with E-state index in [4.69, 9.17) is 39.2 Å². The first kappa shape index (κ1) is 20.8. The van der Waals surface area contributed by atoms with Crippen LogP contribution in [-0.2, 0) is 10.2 Å². The minimum Gasteiger partial charge on any atom is -0.450 e. The van der Waals surface area contributed by atoms with Gasteiger partial charge in [-0.2, -0.15) is 0 Å². The van der Waals surface area contributed by atoms with E-state index in [-0.39, 0.29) is 37.7 Å². The van der Waals surface area contributed by atoms with Crippen molar-refractivity contribution in [3.05, 3.63) is 67.3 Å². The molecule has 2 aliphatic carbocycles. The quantitative estimate of drug-likeness (QED) is 0.322. The number of benzene rings is 2. The van der Waals surface area contributed by atoms with Crippen LogP contribution in [0.4, 0.5) is 5.69 Å². The average Bonchev–Trinajstić information content (AvgIpc) is 2.67. The predicted molar refractivity (Wildman–Crippen MR) is 121 cm³/mol. The van der Waals surface area contributed by atoms with E-state index in [2.05, 4.69) is 30.7 Å². The zero-order valence-corrected chi connectivity index (χ0v) is 18.5. The lowest BCUT2D eigenvalue weighted by Gasteiger charge is -2.19. The highest BCUT2D eigenvalue weighted by Crippen LogP contribution is 2.35. The first-order chi connectivity index (χ1) is 14.0. The van der Waals surface area contributed by atoms with E-state index in [0.29, 0.717) is 16.8 Å². The molecule has 0 amide bonds. The molecule has 1 aromatic carbocycles. The van der Waals surface area contributed by atoms with Gasteiger partial charge >= 0.3 is 0 Å². The normalized spacial score (nSPS) is 14.9. The van der Waals surface area contributed by atoms with Crippen molar-refractivity contribution in [1.82, 2.24) is 4.98 Å². The summed E-state index contributed by atoms with van der Waals surface area (Å²) in [5.74, 6) is -0.332. The minimum absolute atomic E-state index is 0.0439. The van der Waals surface area contributed by atoms with Crippen LogP contribution in [0.25, 0.3) is 22.6 Å². The van der Waals surface area contributed by atoms with Crippen LogP contribution in [0.1, 0.15) is 26.3 Å². The molecular formula is C22H15Cl3N2O3. The van der Waals surface area contributed by atoms with E-state index < -0.39 is 11.2 Å². The van der Waals surface area contributed by atoms with Crippen molar-refractivity contribution in [3.63, 3.8) is 0 Å².